The molecular formula is C11H23NS. The van der Waals surface area contributed by atoms with Gasteiger partial charge >= 0.3 is 0 Å². The van der Waals surface area contributed by atoms with Gasteiger partial charge in [-0.15, -0.1) is 11.8 Å². The Balaban J connectivity index is 2.59. The third-order valence-corrected chi connectivity index (χ3v) is 4.26. The fourth-order valence-electron chi connectivity index (χ4n) is 2.19. The lowest BCUT2D eigenvalue weighted by Gasteiger charge is -2.29. The second kappa shape index (κ2) is 4.22. The van der Waals surface area contributed by atoms with Crippen LogP contribution in [0.1, 0.15) is 53.4 Å². The molecule has 0 radical (unpaired) electrons. The molecule has 0 aliphatic carbocycles. The van der Waals surface area contributed by atoms with E-state index in [1.807, 2.05) is 0 Å². The molecule has 2 heteroatoms. The van der Waals surface area contributed by atoms with Gasteiger partial charge in [0.05, 0.1) is 4.87 Å². The van der Waals surface area contributed by atoms with Gasteiger partial charge in [-0.1, -0.05) is 26.7 Å². The first-order valence-corrected chi connectivity index (χ1v) is 6.30. The van der Waals surface area contributed by atoms with Crippen molar-refractivity contribution in [3.05, 3.63) is 0 Å². The number of hydrogen-bond donors (Lipinski definition) is 1. The van der Waals surface area contributed by atoms with E-state index in [0.29, 0.717) is 9.62 Å². The van der Waals surface area contributed by atoms with Crippen molar-refractivity contribution in [1.29, 1.82) is 0 Å². The maximum atomic E-state index is 3.73. The highest BCUT2D eigenvalue weighted by atomic mass is 32.2. The monoisotopic (exact) mass is 201 g/mol. The zero-order valence-corrected chi connectivity index (χ0v) is 10.3. The Labute approximate surface area is 87.1 Å². The molecule has 0 unspecified atom stereocenters. The summed E-state index contributed by atoms with van der Waals surface area (Å²) >= 11 is 2.15. The highest BCUT2D eigenvalue weighted by Gasteiger charge is 2.41. The summed E-state index contributed by atoms with van der Waals surface area (Å²) in [6, 6.07) is 0. The van der Waals surface area contributed by atoms with E-state index < -0.39 is 0 Å². The molecule has 0 saturated carbocycles. The topological polar surface area (TPSA) is 12.0 Å². The number of rotatable bonds is 4. The smallest absolute Gasteiger partial charge is 0.0651 e. The second-order valence-corrected chi connectivity index (χ2v) is 6.80. The molecule has 0 bridgehead atoms. The molecule has 0 atom stereocenters. The maximum Gasteiger partial charge on any atom is 0.0651 e. The average Bonchev–Trinajstić information content (AvgIpc) is 2.28. The molecule has 1 N–H and O–H groups in total. The summed E-state index contributed by atoms with van der Waals surface area (Å²) in [5, 5.41) is 3.73. The van der Waals surface area contributed by atoms with Crippen molar-refractivity contribution in [2.45, 2.75) is 63.0 Å². The molecule has 0 amide bonds. The standard InChI is InChI=1S/C11H23NS/c1-5-7-11(8-6-2)12-9-10(3,4)13-11/h12H,5-9H2,1-4H3. The van der Waals surface area contributed by atoms with Crippen molar-refractivity contribution in [3.8, 4) is 0 Å². The highest BCUT2D eigenvalue weighted by molar-refractivity contribution is 8.02. The molecule has 1 rings (SSSR count). The normalized spacial score (nSPS) is 24.9. The van der Waals surface area contributed by atoms with Crippen molar-refractivity contribution in [1.82, 2.24) is 5.32 Å². The fraction of sp³-hybridized carbons (Fsp3) is 1.00. The molecule has 1 aliphatic rings. The van der Waals surface area contributed by atoms with Crippen LogP contribution in [0.25, 0.3) is 0 Å². The summed E-state index contributed by atoms with van der Waals surface area (Å²) in [7, 11) is 0. The van der Waals surface area contributed by atoms with E-state index in [9.17, 15) is 0 Å². The fourth-order valence-corrected chi connectivity index (χ4v) is 4.15. The molecule has 78 valence electrons. The van der Waals surface area contributed by atoms with Crippen LogP contribution in [0.2, 0.25) is 0 Å². The molecule has 1 saturated heterocycles. The lowest BCUT2D eigenvalue weighted by molar-refractivity contribution is 0.419. The minimum absolute atomic E-state index is 0.396. The Hall–Kier alpha value is 0.310. The largest absolute Gasteiger partial charge is 0.301 e. The SMILES string of the molecule is CCCC1(CCC)NCC(C)(C)S1. The van der Waals surface area contributed by atoms with Crippen LogP contribution in [0.15, 0.2) is 0 Å². The van der Waals surface area contributed by atoms with Crippen LogP contribution in [0.5, 0.6) is 0 Å². The van der Waals surface area contributed by atoms with Gasteiger partial charge in [-0.3, -0.25) is 0 Å². The molecule has 1 nitrogen and oxygen atoms in total. The minimum Gasteiger partial charge on any atom is -0.301 e. The molecule has 1 aliphatic heterocycles. The van der Waals surface area contributed by atoms with Crippen LogP contribution in [-0.2, 0) is 0 Å². The summed E-state index contributed by atoms with van der Waals surface area (Å²) in [5.41, 5.74) is 0. The van der Waals surface area contributed by atoms with Gasteiger partial charge in [0.15, 0.2) is 0 Å². The van der Waals surface area contributed by atoms with E-state index in [-0.39, 0.29) is 0 Å². The van der Waals surface area contributed by atoms with Crippen molar-refractivity contribution in [3.63, 3.8) is 0 Å². The molecule has 1 fully saturated rings. The molecule has 13 heavy (non-hydrogen) atoms. The second-order valence-electron chi connectivity index (χ2n) is 4.71. The molecule has 0 aromatic heterocycles. The molecule has 0 spiro atoms. The van der Waals surface area contributed by atoms with Gasteiger partial charge in [0.25, 0.3) is 0 Å². The Morgan fingerprint density at radius 1 is 1.15 bits per heavy atom. The van der Waals surface area contributed by atoms with Gasteiger partial charge in [0, 0.05) is 11.3 Å². The molecule has 0 aromatic rings. The summed E-state index contributed by atoms with van der Waals surface area (Å²) in [5.74, 6) is 0. The summed E-state index contributed by atoms with van der Waals surface area (Å²) in [4.78, 5) is 0.396. The summed E-state index contributed by atoms with van der Waals surface area (Å²) < 4.78 is 0.435. The number of nitrogens with one attached hydrogen (secondary N) is 1. The lowest BCUT2D eigenvalue weighted by atomic mass is 10.1. The van der Waals surface area contributed by atoms with Crippen LogP contribution in [0, 0.1) is 0 Å². The van der Waals surface area contributed by atoms with Gasteiger partial charge < -0.3 is 5.32 Å². The van der Waals surface area contributed by atoms with Crippen LogP contribution in [0.3, 0.4) is 0 Å². The quantitative estimate of drug-likeness (QED) is 0.748. The number of hydrogen-bond acceptors (Lipinski definition) is 2. The molecule has 1 heterocycles. The predicted octanol–water partition coefficient (Wildman–Crippen LogP) is 3.40. The van der Waals surface area contributed by atoms with Crippen molar-refractivity contribution in [2.24, 2.45) is 0 Å². The van der Waals surface area contributed by atoms with Crippen molar-refractivity contribution >= 4 is 11.8 Å². The van der Waals surface area contributed by atoms with Crippen molar-refractivity contribution in [2.75, 3.05) is 6.54 Å². The van der Waals surface area contributed by atoms with Gasteiger partial charge in [0.1, 0.15) is 0 Å². The minimum atomic E-state index is 0.396. The highest BCUT2D eigenvalue weighted by Crippen LogP contribution is 2.45. The third kappa shape index (κ3) is 2.88. The van der Waals surface area contributed by atoms with Gasteiger partial charge in [-0.05, 0) is 26.7 Å². The Morgan fingerprint density at radius 2 is 1.69 bits per heavy atom. The Kier molecular flexibility index (Phi) is 3.70. The van der Waals surface area contributed by atoms with E-state index in [4.69, 9.17) is 0 Å². The number of thioether (sulfide) groups is 1. The maximum absolute atomic E-state index is 3.73. The Bertz CT molecular complexity index is 159. The first-order chi connectivity index (χ1) is 6.04. The van der Waals surface area contributed by atoms with Crippen LogP contribution in [0.4, 0.5) is 0 Å². The zero-order chi connectivity index (χ0) is 9.95. The van der Waals surface area contributed by atoms with E-state index in [2.05, 4.69) is 44.8 Å². The third-order valence-electron chi connectivity index (χ3n) is 2.62. The summed E-state index contributed by atoms with van der Waals surface area (Å²) in [6.07, 6.45) is 5.20. The van der Waals surface area contributed by atoms with E-state index >= 15 is 0 Å². The zero-order valence-electron chi connectivity index (χ0n) is 9.44. The Morgan fingerprint density at radius 3 is 2.00 bits per heavy atom. The molecular weight excluding hydrogens is 178 g/mol. The van der Waals surface area contributed by atoms with E-state index in [1.54, 1.807) is 0 Å². The first-order valence-electron chi connectivity index (χ1n) is 5.49. The van der Waals surface area contributed by atoms with Crippen LogP contribution < -0.4 is 5.32 Å². The van der Waals surface area contributed by atoms with Gasteiger partial charge in [0.2, 0.25) is 0 Å². The van der Waals surface area contributed by atoms with Gasteiger partial charge in [-0.25, -0.2) is 0 Å². The van der Waals surface area contributed by atoms with Crippen molar-refractivity contribution < 1.29 is 0 Å². The van der Waals surface area contributed by atoms with E-state index in [0.717, 1.165) is 6.54 Å². The van der Waals surface area contributed by atoms with Crippen LogP contribution in [-0.4, -0.2) is 16.2 Å². The van der Waals surface area contributed by atoms with Crippen LogP contribution >= 0.6 is 11.8 Å². The molecule has 0 aromatic carbocycles. The lowest BCUT2D eigenvalue weighted by Crippen LogP contribution is -2.36. The first kappa shape index (κ1) is 11.4. The average molecular weight is 201 g/mol. The summed E-state index contributed by atoms with van der Waals surface area (Å²) in [6.45, 7) is 10.4. The van der Waals surface area contributed by atoms with Gasteiger partial charge in [-0.2, -0.15) is 0 Å². The predicted molar refractivity (Wildman–Crippen MR) is 62.2 cm³/mol. The van der Waals surface area contributed by atoms with E-state index in [1.165, 1.54) is 25.7 Å².